The van der Waals surface area contributed by atoms with Crippen molar-refractivity contribution in [3.63, 3.8) is 0 Å². The van der Waals surface area contributed by atoms with E-state index in [4.69, 9.17) is 5.73 Å². The summed E-state index contributed by atoms with van der Waals surface area (Å²) in [5.74, 6) is 0. The highest BCUT2D eigenvalue weighted by Gasteiger charge is 2.04. The summed E-state index contributed by atoms with van der Waals surface area (Å²) in [6.45, 7) is 0.802. The van der Waals surface area contributed by atoms with Crippen LogP contribution in [0.1, 0.15) is 18.0 Å². The SMILES string of the molecule is N[C@H](CCn1cncn1)c1ccccc1. The van der Waals surface area contributed by atoms with Crippen molar-refractivity contribution in [2.45, 2.75) is 19.0 Å². The molecule has 2 N–H and O–H groups in total. The van der Waals surface area contributed by atoms with Crippen LogP contribution in [0.4, 0.5) is 0 Å². The molecule has 2 aromatic rings. The molecule has 4 nitrogen and oxygen atoms in total. The summed E-state index contributed by atoms with van der Waals surface area (Å²) in [6.07, 6.45) is 4.11. The van der Waals surface area contributed by atoms with Crippen LogP contribution in [-0.4, -0.2) is 14.8 Å². The van der Waals surface area contributed by atoms with Gasteiger partial charge in [-0.05, 0) is 12.0 Å². The maximum atomic E-state index is 6.05. The molecule has 0 spiro atoms. The minimum Gasteiger partial charge on any atom is -0.324 e. The fourth-order valence-corrected chi connectivity index (χ4v) is 1.49. The molecule has 78 valence electrons. The number of hydrogen-bond acceptors (Lipinski definition) is 3. The zero-order valence-electron chi connectivity index (χ0n) is 8.45. The van der Waals surface area contributed by atoms with Crippen molar-refractivity contribution in [2.24, 2.45) is 5.73 Å². The van der Waals surface area contributed by atoms with Crippen LogP contribution in [0.15, 0.2) is 43.0 Å². The molecule has 0 unspecified atom stereocenters. The van der Waals surface area contributed by atoms with E-state index < -0.39 is 0 Å². The van der Waals surface area contributed by atoms with Gasteiger partial charge in [0.15, 0.2) is 0 Å². The third-order valence-corrected chi connectivity index (χ3v) is 2.36. The fourth-order valence-electron chi connectivity index (χ4n) is 1.49. The highest BCUT2D eigenvalue weighted by Crippen LogP contribution is 2.13. The van der Waals surface area contributed by atoms with Gasteiger partial charge in [-0.25, -0.2) is 4.98 Å². The van der Waals surface area contributed by atoms with Crippen molar-refractivity contribution < 1.29 is 0 Å². The predicted octanol–water partition coefficient (Wildman–Crippen LogP) is 1.37. The Labute approximate surface area is 88.8 Å². The fraction of sp³-hybridized carbons (Fsp3) is 0.273. The molecule has 0 bridgehead atoms. The van der Waals surface area contributed by atoms with Gasteiger partial charge in [0.1, 0.15) is 12.7 Å². The zero-order valence-corrected chi connectivity index (χ0v) is 8.45. The average molecular weight is 202 g/mol. The molecule has 0 fully saturated rings. The molecule has 0 radical (unpaired) electrons. The van der Waals surface area contributed by atoms with Gasteiger partial charge >= 0.3 is 0 Å². The van der Waals surface area contributed by atoms with Crippen LogP contribution in [0, 0.1) is 0 Å². The molecule has 0 aliphatic heterocycles. The second kappa shape index (κ2) is 4.70. The third kappa shape index (κ3) is 2.63. The topological polar surface area (TPSA) is 56.7 Å². The number of nitrogens with zero attached hydrogens (tertiary/aromatic N) is 3. The first kappa shape index (κ1) is 9.86. The van der Waals surface area contributed by atoms with Crippen LogP contribution in [-0.2, 0) is 6.54 Å². The maximum Gasteiger partial charge on any atom is 0.137 e. The smallest absolute Gasteiger partial charge is 0.137 e. The van der Waals surface area contributed by atoms with Gasteiger partial charge in [-0.2, -0.15) is 5.10 Å². The number of benzene rings is 1. The Bertz CT molecular complexity index is 382. The van der Waals surface area contributed by atoms with Crippen LogP contribution in [0.2, 0.25) is 0 Å². The lowest BCUT2D eigenvalue weighted by Crippen LogP contribution is -2.13. The zero-order chi connectivity index (χ0) is 10.5. The molecule has 0 saturated heterocycles. The van der Waals surface area contributed by atoms with E-state index in [2.05, 4.69) is 10.1 Å². The number of aromatic nitrogens is 3. The van der Waals surface area contributed by atoms with Gasteiger partial charge in [0.05, 0.1) is 0 Å². The minimum atomic E-state index is 0.0652. The Morgan fingerprint density at radius 3 is 2.73 bits per heavy atom. The van der Waals surface area contributed by atoms with Gasteiger partial charge in [-0.1, -0.05) is 30.3 Å². The summed E-state index contributed by atoms with van der Waals surface area (Å²) >= 11 is 0. The van der Waals surface area contributed by atoms with Gasteiger partial charge in [-0.15, -0.1) is 0 Å². The molecule has 4 heteroatoms. The molecular weight excluding hydrogens is 188 g/mol. The Morgan fingerprint density at radius 1 is 1.27 bits per heavy atom. The average Bonchev–Trinajstić information content (AvgIpc) is 2.80. The monoisotopic (exact) mass is 202 g/mol. The summed E-state index contributed by atoms with van der Waals surface area (Å²) in [6, 6.07) is 10.2. The van der Waals surface area contributed by atoms with E-state index in [-0.39, 0.29) is 6.04 Å². The molecule has 0 aliphatic carbocycles. The lowest BCUT2D eigenvalue weighted by atomic mass is 10.1. The summed E-state index contributed by atoms with van der Waals surface area (Å²) in [5, 5.41) is 4.03. The molecule has 0 aliphatic rings. The van der Waals surface area contributed by atoms with Crippen LogP contribution in [0.3, 0.4) is 0 Å². The highest BCUT2D eigenvalue weighted by molar-refractivity contribution is 5.18. The lowest BCUT2D eigenvalue weighted by molar-refractivity contribution is 0.521. The number of aryl methyl sites for hydroxylation is 1. The molecule has 15 heavy (non-hydrogen) atoms. The summed E-state index contributed by atoms with van der Waals surface area (Å²) in [5.41, 5.74) is 7.21. The first-order valence-electron chi connectivity index (χ1n) is 4.99. The Balaban J connectivity index is 1.90. The third-order valence-electron chi connectivity index (χ3n) is 2.36. The number of hydrogen-bond donors (Lipinski definition) is 1. The quantitative estimate of drug-likeness (QED) is 0.814. The normalized spacial score (nSPS) is 12.6. The van der Waals surface area contributed by atoms with Gasteiger partial charge in [0.25, 0.3) is 0 Å². The maximum absolute atomic E-state index is 6.05. The van der Waals surface area contributed by atoms with Crippen LogP contribution >= 0.6 is 0 Å². The second-order valence-corrected chi connectivity index (χ2v) is 3.46. The molecule has 1 heterocycles. The molecular formula is C11H14N4. The van der Waals surface area contributed by atoms with E-state index in [1.165, 1.54) is 6.33 Å². The highest BCUT2D eigenvalue weighted by atomic mass is 15.3. The van der Waals surface area contributed by atoms with Gasteiger partial charge in [-0.3, -0.25) is 4.68 Å². The van der Waals surface area contributed by atoms with Crippen molar-refractivity contribution in [2.75, 3.05) is 0 Å². The van der Waals surface area contributed by atoms with Crippen molar-refractivity contribution >= 4 is 0 Å². The number of rotatable bonds is 4. The van der Waals surface area contributed by atoms with E-state index in [0.29, 0.717) is 0 Å². The van der Waals surface area contributed by atoms with E-state index in [1.807, 2.05) is 30.3 Å². The summed E-state index contributed by atoms with van der Waals surface area (Å²) < 4.78 is 1.79. The molecule has 2 rings (SSSR count). The first-order valence-corrected chi connectivity index (χ1v) is 4.99. The van der Waals surface area contributed by atoms with Crippen LogP contribution < -0.4 is 5.73 Å². The van der Waals surface area contributed by atoms with Crippen LogP contribution in [0.25, 0.3) is 0 Å². The van der Waals surface area contributed by atoms with E-state index in [0.717, 1.165) is 18.5 Å². The molecule has 1 aromatic heterocycles. The summed E-state index contributed by atoms with van der Waals surface area (Å²) in [4.78, 5) is 3.88. The molecule has 1 aromatic carbocycles. The molecule has 0 saturated carbocycles. The van der Waals surface area contributed by atoms with E-state index in [9.17, 15) is 0 Å². The second-order valence-electron chi connectivity index (χ2n) is 3.46. The molecule has 1 atom stereocenters. The van der Waals surface area contributed by atoms with Crippen LogP contribution in [0.5, 0.6) is 0 Å². The Morgan fingerprint density at radius 2 is 2.07 bits per heavy atom. The number of nitrogens with two attached hydrogens (primary N) is 1. The predicted molar refractivity (Wildman–Crippen MR) is 58.0 cm³/mol. The lowest BCUT2D eigenvalue weighted by Gasteiger charge is -2.11. The largest absolute Gasteiger partial charge is 0.324 e. The van der Waals surface area contributed by atoms with E-state index in [1.54, 1.807) is 11.0 Å². The van der Waals surface area contributed by atoms with Gasteiger partial charge < -0.3 is 5.73 Å². The first-order chi connectivity index (χ1) is 7.36. The van der Waals surface area contributed by atoms with E-state index >= 15 is 0 Å². The Kier molecular flexibility index (Phi) is 3.09. The molecule has 0 amide bonds. The van der Waals surface area contributed by atoms with Gasteiger partial charge in [0, 0.05) is 12.6 Å². The van der Waals surface area contributed by atoms with Crippen molar-refractivity contribution in [3.8, 4) is 0 Å². The van der Waals surface area contributed by atoms with Crippen molar-refractivity contribution in [1.82, 2.24) is 14.8 Å². The van der Waals surface area contributed by atoms with Gasteiger partial charge in [0.2, 0.25) is 0 Å². The standard InChI is InChI=1S/C11H14N4/c12-11(10-4-2-1-3-5-10)6-7-15-9-13-8-14-15/h1-5,8-9,11H,6-7,12H2/t11-/m1/s1. The summed E-state index contributed by atoms with van der Waals surface area (Å²) in [7, 11) is 0. The minimum absolute atomic E-state index is 0.0652. The van der Waals surface area contributed by atoms with Crippen molar-refractivity contribution in [1.29, 1.82) is 0 Å². The Hall–Kier alpha value is -1.68. The van der Waals surface area contributed by atoms with Crippen molar-refractivity contribution in [3.05, 3.63) is 48.5 Å².